The number of carbonyl (C=O) groups is 2. The average Bonchev–Trinajstić information content (AvgIpc) is 2.68. The van der Waals surface area contributed by atoms with Gasteiger partial charge in [-0.1, -0.05) is 19.9 Å². The number of hydrogen-bond acceptors (Lipinski definition) is 4. The molecule has 7 nitrogen and oxygen atoms in total. The SMILES string of the molecule is CCN(CC)S(=O)(=O)c1ccc(C(=O)Nc2cccc(C(=O)N(C)C)c2)cc1. The van der Waals surface area contributed by atoms with Crippen molar-refractivity contribution in [2.45, 2.75) is 18.7 Å². The van der Waals surface area contributed by atoms with Crippen LogP contribution in [0.5, 0.6) is 0 Å². The van der Waals surface area contributed by atoms with Gasteiger partial charge in [0.05, 0.1) is 4.90 Å². The number of carbonyl (C=O) groups excluding carboxylic acids is 2. The van der Waals surface area contributed by atoms with Crippen LogP contribution in [0, 0.1) is 0 Å². The van der Waals surface area contributed by atoms with Gasteiger partial charge < -0.3 is 10.2 Å². The molecule has 2 aromatic rings. The second kappa shape index (κ2) is 8.99. The number of benzene rings is 2. The smallest absolute Gasteiger partial charge is 0.255 e. The summed E-state index contributed by atoms with van der Waals surface area (Å²) >= 11 is 0. The highest BCUT2D eigenvalue weighted by atomic mass is 32.2. The Labute approximate surface area is 166 Å². The molecule has 0 spiro atoms. The Kier molecular flexibility index (Phi) is 6.93. The van der Waals surface area contributed by atoms with Gasteiger partial charge in [-0.25, -0.2) is 8.42 Å². The molecule has 0 aliphatic heterocycles. The topological polar surface area (TPSA) is 86.8 Å². The fourth-order valence-electron chi connectivity index (χ4n) is 2.68. The number of hydrogen-bond donors (Lipinski definition) is 1. The van der Waals surface area contributed by atoms with E-state index in [1.54, 1.807) is 52.2 Å². The van der Waals surface area contributed by atoms with Gasteiger partial charge in [-0.05, 0) is 42.5 Å². The lowest BCUT2D eigenvalue weighted by molar-refractivity contribution is 0.0827. The summed E-state index contributed by atoms with van der Waals surface area (Å²) in [6.07, 6.45) is 0. The van der Waals surface area contributed by atoms with Crippen molar-refractivity contribution in [2.24, 2.45) is 0 Å². The highest BCUT2D eigenvalue weighted by Crippen LogP contribution is 2.18. The second-order valence-corrected chi connectivity index (χ2v) is 8.29. The van der Waals surface area contributed by atoms with E-state index in [1.807, 2.05) is 0 Å². The van der Waals surface area contributed by atoms with Crippen LogP contribution in [0.25, 0.3) is 0 Å². The number of nitrogens with zero attached hydrogens (tertiary/aromatic N) is 2. The van der Waals surface area contributed by atoms with Crippen molar-refractivity contribution in [3.05, 3.63) is 59.7 Å². The zero-order valence-electron chi connectivity index (χ0n) is 16.5. The maximum Gasteiger partial charge on any atom is 0.255 e. The van der Waals surface area contributed by atoms with Crippen LogP contribution in [0.3, 0.4) is 0 Å². The third-order valence-electron chi connectivity index (χ3n) is 4.23. The molecular formula is C20H25N3O4S. The number of nitrogens with one attached hydrogen (secondary N) is 1. The Morgan fingerprint density at radius 2 is 1.54 bits per heavy atom. The van der Waals surface area contributed by atoms with E-state index in [4.69, 9.17) is 0 Å². The minimum atomic E-state index is -3.57. The third-order valence-corrected chi connectivity index (χ3v) is 6.30. The molecule has 2 aromatic carbocycles. The van der Waals surface area contributed by atoms with E-state index in [1.165, 1.54) is 33.5 Å². The largest absolute Gasteiger partial charge is 0.345 e. The standard InChI is InChI=1S/C20H25N3O4S/c1-5-23(6-2)28(26,27)18-12-10-15(11-13-18)19(24)21-17-9-7-8-16(14-17)20(25)22(3)4/h7-14H,5-6H2,1-4H3,(H,21,24). The Morgan fingerprint density at radius 3 is 2.07 bits per heavy atom. The van der Waals surface area contributed by atoms with E-state index < -0.39 is 10.0 Å². The van der Waals surface area contributed by atoms with E-state index in [0.717, 1.165) is 0 Å². The molecule has 0 bridgehead atoms. The molecule has 0 heterocycles. The number of rotatable bonds is 7. The fourth-order valence-corrected chi connectivity index (χ4v) is 4.14. The molecular weight excluding hydrogens is 378 g/mol. The molecule has 0 saturated heterocycles. The lowest BCUT2D eigenvalue weighted by Gasteiger charge is -2.18. The predicted molar refractivity (Wildman–Crippen MR) is 109 cm³/mol. The zero-order chi connectivity index (χ0) is 20.9. The van der Waals surface area contributed by atoms with Crippen molar-refractivity contribution in [1.29, 1.82) is 0 Å². The first-order valence-electron chi connectivity index (χ1n) is 8.94. The summed E-state index contributed by atoms with van der Waals surface area (Å²) in [4.78, 5) is 26.1. The summed E-state index contributed by atoms with van der Waals surface area (Å²) in [5.41, 5.74) is 1.27. The van der Waals surface area contributed by atoms with Crippen molar-refractivity contribution in [2.75, 3.05) is 32.5 Å². The second-order valence-electron chi connectivity index (χ2n) is 6.35. The Bertz CT molecular complexity index is 950. The summed E-state index contributed by atoms with van der Waals surface area (Å²) in [6.45, 7) is 4.31. The molecule has 1 N–H and O–H groups in total. The van der Waals surface area contributed by atoms with Gasteiger partial charge in [-0.2, -0.15) is 4.31 Å². The lowest BCUT2D eigenvalue weighted by Crippen LogP contribution is -2.30. The summed E-state index contributed by atoms with van der Waals surface area (Å²) in [6, 6.07) is 12.4. The maximum atomic E-state index is 12.5. The van der Waals surface area contributed by atoms with Gasteiger partial charge >= 0.3 is 0 Å². The van der Waals surface area contributed by atoms with Crippen LogP contribution >= 0.6 is 0 Å². The predicted octanol–water partition coefficient (Wildman–Crippen LogP) is 2.67. The highest BCUT2D eigenvalue weighted by Gasteiger charge is 2.21. The first kappa shape index (κ1) is 21.6. The minimum Gasteiger partial charge on any atom is -0.345 e. The molecule has 2 amide bonds. The lowest BCUT2D eigenvalue weighted by atomic mass is 10.1. The van der Waals surface area contributed by atoms with Gasteiger partial charge in [0.25, 0.3) is 11.8 Å². The molecule has 28 heavy (non-hydrogen) atoms. The normalized spacial score (nSPS) is 11.3. The summed E-state index contributed by atoms with van der Waals surface area (Å²) in [7, 11) is -0.258. The quantitative estimate of drug-likeness (QED) is 0.770. The van der Waals surface area contributed by atoms with E-state index >= 15 is 0 Å². The molecule has 0 fully saturated rings. The summed E-state index contributed by atoms with van der Waals surface area (Å²) < 4.78 is 26.4. The van der Waals surface area contributed by atoms with Crippen molar-refractivity contribution in [3.63, 3.8) is 0 Å². The van der Waals surface area contributed by atoms with Crippen LogP contribution in [-0.2, 0) is 10.0 Å². The maximum absolute atomic E-state index is 12.5. The first-order chi connectivity index (χ1) is 13.2. The van der Waals surface area contributed by atoms with Crippen LogP contribution in [0.2, 0.25) is 0 Å². The van der Waals surface area contributed by atoms with Crippen LogP contribution in [0.4, 0.5) is 5.69 Å². The van der Waals surface area contributed by atoms with Crippen LogP contribution < -0.4 is 5.32 Å². The molecule has 150 valence electrons. The summed E-state index contributed by atoms with van der Waals surface area (Å²) in [5, 5.41) is 2.73. The Hall–Kier alpha value is -2.71. The van der Waals surface area contributed by atoms with Crippen LogP contribution in [0.1, 0.15) is 34.6 Å². The molecule has 0 aliphatic carbocycles. The van der Waals surface area contributed by atoms with Gasteiger partial charge in [0.2, 0.25) is 10.0 Å². The molecule has 0 saturated carbocycles. The van der Waals surface area contributed by atoms with E-state index in [-0.39, 0.29) is 16.7 Å². The van der Waals surface area contributed by atoms with Gasteiger partial charge in [0.15, 0.2) is 0 Å². The molecule has 0 unspecified atom stereocenters. The zero-order valence-corrected chi connectivity index (χ0v) is 17.3. The number of anilines is 1. The highest BCUT2D eigenvalue weighted by molar-refractivity contribution is 7.89. The minimum absolute atomic E-state index is 0.145. The monoisotopic (exact) mass is 403 g/mol. The van der Waals surface area contributed by atoms with Gasteiger partial charge in [0.1, 0.15) is 0 Å². The molecule has 0 radical (unpaired) electrons. The van der Waals surface area contributed by atoms with E-state index in [9.17, 15) is 18.0 Å². The Morgan fingerprint density at radius 1 is 0.929 bits per heavy atom. The first-order valence-corrected chi connectivity index (χ1v) is 10.4. The molecule has 0 aliphatic rings. The van der Waals surface area contributed by atoms with E-state index in [2.05, 4.69) is 5.32 Å². The fraction of sp³-hybridized carbons (Fsp3) is 0.300. The number of sulfonamides is 1. The third kappa shape index (κ3) is 4.76. The molecule has 0 aromatic heterocycles. The van der Waals surface area contributed by atoms with Crippen molar-refractivity contribution in [1.82, 2.24) is 9.21 Å². The summed E-state index contributed by atoms with van der Waals surface area (Å²) in [5.74, 6) is -0.552. The van der Waals surface area contributed by atoms with Crippen LogP contribution in [0.15, 0.2) is 53.4 Å². The van der Waals surface area contributed by atoms with Gasteiger partial charge in [-0.15, -0.1) is 0 Å². The number of amides is 2. The van der Waals surface area contributed by atoms with Gasteiger partial charge in [-0.3, -0.25) is 9.59 Å². The molecule has 2 rings (SSSR count). The average molecular weight is 404 g/mol. The van der Waals surface area contributed by atoms with Crippen molar-refractivity contribution < 1.29 is 18.0 Å². The molecule has 0 atom stereocenters. The Balaban J connectivity index is 2.18. The molecule has 8 heteroatoms. The van der Waals surface area contributed by atoms with Crippen molar-refractivity contribution in [3.8, 4) is 0 Å². The van der Waals surface area contributed by atoms with E-state index in [0.29, 0.717) is 29.9 Å². The van der Waals surface area contributed by atoms with Gasteiger partial charge in [0, 0.05) is 44.0 Å². The van der Waals surface area contributed by atoms with Crippen molar-refractivity contribution >= 4 is 27.5 Å². The van der Waals surface area contributed by atoms with Crippen LogP contribution in [-0.4, -0.2) is 56.6 Å².